The van der Waals surface area contributed by atoms with Crippen LogP contribution in [-0.4, -0.2) is 35.0 Å². The number of anilines is 2. The maximum atomic E-state index is 12.7. The van der Waals surface area contributed by atoms with Crippen LogP contribution in [0, 0.1) is 6.92 Å². The van der Waals surface area contributed by atoms with E-state index in [4.69, 9.17) is 11.6 Å². The first-order valence-corrected chi connectivity index (χ1v) is 8.67. The molecule has 25 heavy (non-hydrogen) atoms. The third-order valence-corrected chi connectivity index (χ3v) is 4.88. The van der Waals surface area contributed by atoms with Crippen molar-refractivity contribution >= 4 is 40.4 Å². The van der Waals surface area contributed by atoms with Crippen molar-refractivity contribution in [3.8, 4) is 10.6 Å². The molecule has 0 saturated heterocycles. The minimum absolute atomic E-state index is 0.235. The largest absolute Gasteiger partial charge is 0.361 e. The lowest BCUT2D eigenvalue weighted by atomic mass is 10.2. The number of carbonyl (C=O) groups excluding carboxylic acids is 1. The molecular formula is C17H16ClN5OS. The molecule has 3 aromatic rings. The summed E-state index contributed by atoms with van der Waals surface area (Å²) in [6.07, 6.45) is 3.02. The van der Waals surface area contributed by atoms with Gasteiger partial charge in [-0.05, 0) is 19.1 Å². The van der Waals surface area contributed by atoms with E-state index in [-0.39, 0.29) is 5.91 Å². The molecular weight excluding hydrogens is 358 g/mol. The maximum Gasteiger partial charge on any atom is 0.267 e. The highest BCUT2D eigenvalue weighted by molar-refractivity contribution is 7.17. The molecule has 1 amide bonds. The molecule has 2 heterocycles. The summed E-state index contributed by atoms with van der Waals surface area (Å²) in [6, 6.07) is 7.41. The van der Waals surface area contributed by atoms with Crippen LogP contribution in [-0.2, 0) is 0 Å². The molecule has 0 radical (unpaired) electrons. The predicted molar refractivity (Wildman–Crippen MR) is 102 cm³/mol. The molecule has 0 spiro atoms. The predicted octanol–water partition coefficient (Wildman–Crippen LogP) is 3.88. The van der Waals surface area contributed by atoms with Crippen molar-refractivity contribution in [2.45, 2.75) is 6.92 Å². The van der Waals surface area contributed by atoms with Gasteiger partial charge in [0.25, 0.3) is 5.91 Å². The number of nitrogens with one attached hydrogen (secondary N) is 1. The van der Waals surface area contributed by atoms with Crippen molar-refractivity contribution in [3.63, 3.8) is 0 Å². The van der Waals surface area contributed by atoms with Crippen molar-refractivity contribution in [1.82, 2.24) is 15.0 Å². The smallest absolute Gasteiger partial charge is 0.267 e. The molecule has 0 bridgehead atoms. The first-order chi connectivity index (χ1) is 12.0. The van der Waals surface area contributed by atoms with Crippen molar-refractivity contribution in [2.75, 3.05) is 24.3 Å². The number of aromatic nitrogens is 3. The van der Waals surface area contributed by atoms with Crippen LogP contribution >= 0.6 is 22.9 Å². The van der Waals surface area contributed by atoms with Crippen molar-refractivity contribution < 1.29 is 4.79 Å². The number of thiazole rings is 1. The molecule has 0 atom stereocenters. The standard InChI is InChI=1S/C17H16ClN5OS/c1-10-14(25-17(21-10)11-5-4-6-12(18)7-11)16(24)22-13-8-19-9-20-15(13)23(2)3/h4-9H,1-3H3,(H,22,24). The summed E-state index contributed by atoms with van der Waals surface area (Å²) < 4.78 is 0. The van der Waals surface area contributed by atoms with E-state index in [2.05, 4.69) is 20.3 Å². The fraction of sp³-hybridized carbons (Fsp3) is 0.176. The van der Waals surface area contributed by atoms with E-state index in [0.29, 0.717) is 27.1 Å². The first kappa shape index (κ1) is 17.3. The molecule has 0 aliphatic heterocycles. The number of benzene rings is 1. The van der Waals surface area contributed by atoms with Crippen LogP contribution in [0.25, 0.3) is 10.6 Å². The number of nitrogens with zero attached hydrogens (tertiary/aromatic N) is 4. The monoisotopic (exact) mass is 373 g/mol. The van der Waals surface area contributed by atoms with Crippen LogP contribution in [0.1, 0.15) is 15.4 Å². The van der Waals surface area contributed by atoms with Gasteiger partial charge in [0.1, 0.15) is 21.9 Å². The van der Waals surface area contributed by atoms with Crippen LogP contribution in [0.4, 0.5) is 11.5 Å². The minimum atomic E-state index is -0.235. The Bertz CT molecular complexity index is 925. The molecule has 128 valence electrons. The SMILES string of the molecule is Cc1nc(-c2cccc(Cl)c2)sc1C(=O)Nc1cncnc1N(C)C. The summed E-state index contributed by atoms with van der Waals surface area (Å²) >= 11 is 7.36. The number of carbonyl (C=O) groups is 1. The van der Waals surface area contributed by atoms with Crippen molar-refractivity contribution in [3.05, 3.63) is 52.4 Å². The zero-order valence-corrected chi connectivity index (χ0v) is 15.5. The van der Waals surface area contributed by atoms with Gasteiger partial charge in [-0.2, -0.15) is 0 Å². The second-order valence-corrected chi connectivity index (χ2v) is 6.99. The molecule has 2 aromatic heterocycles. The average Bonchev–Trinajstić information content (AvgIpc) is 2.97. The lowest BCUT2D eigenvalue weighted by Gasteiger charge is -2.15. The number of hydrogen-bond acceptors (Lipinski definition) is 6. The second kappa shape index (κ2) is 7.16. The van der Waals surface area contributed by atoms with E-state index in [1.165, 1.54) is 17.7 Å². The molecule has 0 aliphatic rings. The van der Waals surface area contributed by atoms with E-state index in [9.17, 15) is 4.79 Å². The van der Waals surface area contributed by atoms with Crippen LogP contribution in [0.5, 0.6) is 0 Å². The second-order valence-electron chi connectivity index (χ2n) is 5.55. The van der Waals surface area contributed by atoms with Crippen LogP contribution in [0.15, 0.2) is 36.8 Å². The van der Waals surface area contributed by atoms with Gasteiger partial charge in [0, 0.05) is 24.7 Å². The Hall–Kier alpha value is -2.51. The molecule has 0 fully saturated rings. The van der Waals surface area contributed by atoms with Gasteiger partial charge in [-0.3, -0.25) is 4.79 Å². The molecule has 0 saturated carbocycles. The number of amides is 1. The van der Waals surface area contributed by atoms with Crippen LogP contribution < -0.4 is 10.2 Å². The topological polar surface area (TPSA) is 71.0 Å². The highest BCUT2D eigenvalue weighted by atomic mass is 35.5. The lowest BCUT2D eigenvalue weighted by Crippen LogP contribution is -2.18. The fourth-order valence-corrected chi connectivity index (χ4v) is 3.45. The molecule has 8 heteroatoms. The molecule has 1 N–H and O–H groups in total. The van der Waals surface area contributed by atoms with Gasteiger partial charge >= 0.3 is 0 Å². The maximum absolute atomic E-state index is 12.7. The summed E-state index contributed by atoms with van der Waals surface area (Å²) in [5.41, 5.74) is 2.10. The quantitative estimate of drug-likeness (QED) is 0.751. The van der Waals surface area contributed by atoms with E-state index < -0.39 is 0 Å². The van der Waals surface area contributed by atoms with Crippen LogP contribution in [0.2, 0.25) is 5.02 Å². The van der Waals surface area contributed by atoms with Gasteiger partial charge in [0.05, 0.1) is 11.9 Å². The van der Waals surface area contributed by atoms with Gasteiger partial charge in [-0.1, -0.05) is 23.7 Å². The highest BCUT2D eigenvalue weighted by Gasteiger charge is 2.18. The number of halogens is 1. The normalized spacial score (nSPS) is 10.6. The molecule has 6 nitrogen and oxygen atoms in total. The molecule has 3 rings (SSSR count). The zero-order chi connectivity index (χ0) is 18.0. The average molecular weight is 374 g/mol. The van der Waals surface area contributed by atoms with E-state index in [1.807, 2.05) is 44.1 Å². The summed E-state index contributed by atoms with van der Waals surface area (Å²) in [4.78, 5) is 27.7. The Labute approximate surface area is 154 Å². The van der Waals surface area contributed by atoms with Crippen molar-refractivity contribution in [2.24, 2.45) is 0 Å². The van der Waals surface area contributed by atoms with Gasteiger partial charge in [-0.15, -0.1) is 11.3 Å². The lowest BCUT2D eigenvalue weighted by molar-refractivity contribution is 0.103. The first-order valence-electron chi connectivity index (χ1n) is 7.47. The fourth-order valence-electron chi connectivity index (χ4n) is 2.30. The molecule has 0 unspecified atom stereocenters. The third-order valence-electron chi connectivity index (χ3n) is 3.44. The summed E-state index contributed by atoms with van der Waals surface area (Å²) in [7, 11) is 3.71. The van der Waals surface area contributed by atoms with Gasteiger partial charge < -0.3 is 10.2 Å². The third kappa shape index (κ3) is 3.78. The minimum Gasteiger partial charge on any atom is -0.361 e. The number of rotatable bonds is 4. The van der Waals surface area contributed by atoms with Crippen LogP contribution in [0.3, 0.4) is 0 Å². The Morgan fingerprint density at radius 3 is 2.84 bits per heavy atom. The number of hydrogen-bond donors (Lipinski definition) is 1. The summed E-state index contributed by atoms with van der Waals surface area (Å²) in [5, 5.41) is 4.25. The number of aryl methyl sites for hydroxylation is 1. The zero-order valence-electron chi connectivity index (χ0n) is 13.9. The summed E-state index contributed by atoms with van der Waals surface area (Å²) in [5.74, 6) is 0.404. The van der Waals surface area contributed by atoms with Gasteiger partial charge in [0.15, 0.2) is 5.82 Å². The van der Waals surface area contributed by atoms with Gasteiger partial charge in [-0.25, -0.2) is 15.0 Å². The van der Waals surface area contributed by atoms with E-state index >= 15 is 0 Å². The highest BCUT2D eigenvalue weighted by Crippen LogP contribution is 2.30. The Morgan fingerprint density at radius 2 is 2.12 bits per heavy atom. The Morgan fingerprint density at radius 1 is 1.32 bits per heavy atom. The van der Waals surface area contributed by atoms with E-state index in [1.54, 1.807) is 12.3 Å². The Balaban J connectivity index is 1.89. The van der Waals surface area contributed by atoms with Gasteiger partial charge in [0.2, 0.25) is 0 Å². The molecule has 1 aromatic carbocycles. The Kier molecular flexibility index (Phi) is 4.96. The molecule has 0 aliphatic carbocycles. The van der Waals surface area contributed by atoms with E-state index in [0.717, 1.165) is 10.6 Å². The van der Waals surface area contributed by atoms with Crippen molar-refractivity contribution in [1.29, 1.82) is 0 Å². The summed E-state index contributed by atoms with van der Waals surface area (Å²) in [6.45, 7) is 1.81.